The van der Waals surface area contributed by atoms with E-state index in [0.717, 1.165) is 0 Å². The summed E-state index contributed by atoms with van der Waals surface area (Å²) < 4.78 is 4.20. The predicted molar refractivity (Wildman–Crippen MR) is 18.5 cm³/mol. The summed E-state index contributed by atoms with van der Waals surface area (Å²) in [6, 6.07) is 0. The molecule has 0 aliphatic carbocycles. The molecule has 5 heteroatoms. The Bertz CT molecular complexity index is 92.9. The van der Waals surface area contributed by atoms with Gasteiger partial charge in [0.05, 0.1) is 0 Å². The summed E-state index contributed by atoms with van der Waals surface area (Å²) in [4.78, 5) is 14.3. The van der Waals surface area contributed by atoms with Crippen LogP contribution in [0.25, 0.3) is 0 Å². The zero-order valence-corrected chi connectivity index (χ0v) is 3.46. The van der Waals surface area contributed by atoms with Gasteiger partial charge >= 0.3 is 6.09 Å². The minimum absolute atomic E-state index is 0.0741. The van der Waals surface area contributed by atoms with Crippen LogP contribution in [0, 0.1) is 0 Å². The Labute approximate surface area is 39.5 Å². The van der Waals surface area contributed by atoms with Crippen LogP contribution in [-0.2, 0) is 9.57 Å². The highest BCUT2D eigenvalue weighted by Gasteiger charge is 2.18. The third kappa shape index (κ3) is 0.625. The Balaban J connectivity index is 2.48. The quantitative estimate of drug-likeness (QED) is 0.323. The largest absolute Gasteiger partial charge is 0.451 e. The first kappa shape index (κ1) is 4.35. The first-order chi connectivity index (χ1) is 3.30. The zero-order valence-electron chi connectivity index (χ0n) is 3.46. The zero-order chi connectivity index (χ0) is 5.28. The molecule has 0 bridgehead atoms. The highest BCUT2D eigenvalue weighted by molar-refractivity contribution is 5.66. The highest BCUT2D eigenvalue weighted by Crippen LogP contribution is 1.96. The van der Waals surface area contributed by atoms with Crippen molar-refractivity contribution in [3.63, 3.8) is 0 Å². The molecule has 0 aromatic rings. The third-order valence-corrected chi connectivity index (χ3v) is 0.554. The maximum Gasteiger partial charge on any atom is 0.451 e. The van der Waals surface area contributed by atoms with E-state index in [2.05, 4.69) is 9.57 Å². The summed E-state index contributed by atoms with van der Waals surface area (Å²) >= 11 is 0. The van der Waals surface area contributed by atoms with Gasteiger partial charge in [-0.1, -0.05) is 0 Å². The van der Waals surface area contributed by atoms with Gasteiger partial charge in [0.1, 0.15) is 0 Å². The Kier molecular flexibility index (Phi) is 0.844. The van der Waals surface area contributed by atoms with Crippen molar-refractivity contribution < 1.29 is 14.4 Å². The number of hydrogen-bond acceptors (Lipinski definition) is 4. The number of nitrogens with two attached hydrogens (primary N) is 1. The lowest BCUT2D eigenvalue weighted by Crippen LogP contribution is -2.29. The van der Waals surface area contributed by atoms with Crippen molar-refractivity contribution in [3.8, 4) is 0 Å². The van der Waals surface area contributed by atoms with Crippen molar-refractivity contribution >= 4 is 6.09 Å². The molecule has 1 aliphatic heterocycles. The Morgan fingerprint density at radius 2 is 2.57 bits per heavy atom. The number of carbonyl (C=O) groups is 1. The van der Waals surface area contributed by atoms with Gasteiger partial charge in [-0.15, -0.1) is 5.17 Å². The number of rotatable bonds is 0. The number of cyclic esters (lactones) is 1. The molecule has 1 amide bonds. The normalized spacial score (nSPS) is 20.1. The van der Waals surface area contributed by atoms with Crippen molar-refractivity contribution in [3.05, 3.63) is 0 Å². The number of amides is 1. The minimum atomic E-state index is -0.653. The summed E-state index contributed by atoms with van der Waals surface area (Å²) in [6.45, 7) is -0.0741. The van der Waals surface area contributed by atoms with Crippen LogP contribution in [0.4, 0.5) is 4.79 Å². The number of hydrogen-bond donors (Lipinski definition) is 1. The van der Waals surface area contributed by atoms with Gasteiger partial charge in [0.25, 0.3) is 0 Å². The van der Waals surface area contributed by atoms with Crippen molar-refractivity contribution in [2.24, 2.45) is 5.84 Å². The summed E-state index contributed by atoms with van der Waals surface area (Å²) in [7, 11) is 0. The molecule has 0 aromatic heterocycles. The van der Waals surface area contributed by atoms with Crippen LogP contribution in [0.15, 0.2) is 0 Å². The van der Waals surface area contributed by atoms with E-state index < -0.39 is 6.09 Å². The first-order valence-corrected chi connectivity index (χ1v) is 1.65. The molecule has 0 radical (unpaired) electrons. The second-order valence-corrected chi connectivity index (χ2v) is 0.983. The van der Waals surface area contributed by atoms with Crippen LogP contribution >= 0.6 is 0 Å². The Hall–Kier alpha value is -0.810. The van der Waals surface area contributed by atoms with Crippen LogP contribution in [0.1, 0.15) is 0 Å². The number of carbonyl (C=O) groups excluding carboxylic acids is 1. The summed E-state index contributed by atoms with van der Waals surface area (Å²) in [5.74, 6) is 4.81. The molecule has 0 saturated carbocycles. The van der Waals surface area contributed by atoms with E-state index in [0.29, 0.717) is 5.17 Å². The SMILES string of the molecule is NN1OCOC1=O. The predicted octanol–water partition coefficient (Wildman–Crippen LogP) is -0.799. The Morgan fingerprint density at radius 3 is 2.71 bits per heavy atom. The van der Waals surface area contributed by atoms with Crippen LogP contribution in [0.5, 0.6) is 0 Å². The maximum absolute atomic E-state index is 10.0. The highest BCUT2D eigenvalue weighted by atomic mass is 16.9. The topological polar surface area (TPSA) is 64.8 Å². The van der Waals surface area contributed by atoms with E-state index in [9.17, 15) is 4.79 Å². The molecule has 5 nitrogen and oxygen atoms in total. The molecule has 0 spiro atoms. The van der Waals surface area contributed by atoms with Crippen molar-refractivity contribution in [1.29, 1.82) is 0 Å². The van der Waals surface area contributed by atoms with Gasteiger partial charge in [-0.2, -0.15) is 0 Å². The van der Waals surface area contributed by atoms with Gasteiger partial charge in [-0.05, 0) is 0 Å². The average Bonchev–Trinajstić information content (AvgIpc) is 1.91. The molecule has 0 unspecified atom stereocenters. The van der Waals surface area contributed by atoms with Crippen LogP contribution in [-0.4, -0.2) is 18.1 Å². The molecule has 0 aromatic carbocycles. The van der Waals surface area contributed by atoms with Crippen LogP contribution in [0.3, 0.4) is 0 Å². The van der Waals surface area contributed by atoms with E-state index in [1.54, 1.807) is 0 Å². The lowest BCUT2D eigenvalue weighted by Gasteiger charge is -1.96. The van der Waals surface area contributed by atoms with E-state index in [4.69, 9.17) is 5.84 Å². The average molecular weight is 104 g/mol. The van der Waals surface area contributed by atoms with Crippen LogP contribution in [0.2, 0.25) is 0 Å². The van der Waals surface area contributed by atoms with E-state index in [1.165, 1.54) is 0 Å². The monoisotopic (exact) mass is 104 g/mol. The number of nitrogens with zero attached hydrogens (tertiary/aromatic N) is 1. The number of ether oxygens (including phenoxy) is 1. The summed E-state index contributed by atoms with van der Waals surface area (Å²) in [6.07, 6.45) is -0.653. The fourth-order valence-corrected chi connectivity index (χ4v) is 0.250. The smallest absolute Gasteiger partial charge is 0.417 e. The molecular formula is C2H4N2O3. The molecule has 2 N–H and O–H groups in total. The lowest BCUT2D eigenvalue weighted by molar-refractivity contribution is -0.0984. The second kappa shape index (κ2) is 1.36. The molecule has 1 rings (SSSR count). The lowest BCUT2D eigenvalue weighted by atomic mass is 11.2. The molecule has 1 heterocycles. The van der Waals surface area contributed by atoms with Gasteiger partial charge in [0.15, 0.2) is 0 Å². The van der Waals surface area contributed by atoms with Crippen molar-refractivity contribution in [2.75, 3.05) is 6.79 Å². The standard InChI is InChI=1S/C2H4N2O3/c3-4-2(5)6-1-7-4/h1,3H2. The molecule has 0 atom stereocenters. The fourth-order valence-electron chi connectivity index (χ4n) is 0.250. The van der Waals surface area contributed by atoms with Gasteiger partial charge < -0.3 is 4.74 Å². The van der Waals surface area contributed by atoms with Crippen molar-refractivity contribution in [1.82, 2.24) is 5.17 Å². The van der Waals surface area contributed by atoms with E-state index in [-0.39, 0.29) is 6.79 Å². The molecule has 1 saturated heterocycles. The second-order valence-electron chi connectivity index (χ2n) is 0.983. The summed E-state index contributed by atoms with van der Waals surface area (Å²) in [5, 5.41) is 0.542. The third-order valence-electron chi connectivity index (χ3n) is 0.554. The Morgan fingerprint density at radius 1 is 1.86 bits per heavy atom. The molecule has 1 fully saturated rings. The van der Waals surface area contributed by atoms with Gasteiger partial charge in [0, 0.05) is 0 Å². The molecular weight excluding hydrogens is 100 g/mol. The minimum Gasteiger partial charge on any atom is -0.417 e. The van der Waals surface area contributed by atoms with Gasteiger partial charge in [-0.3, -0.25) is 0 Å². The molecule has 1 aliphatic rings. The van der Waals surface area contributed by atoms with E-state index >= 15 is 0 Å². The number of hydrazine groups is 1. The van der Waals surface area contributed by atoms with Gasteiger partial charge in [0.2, 0.25) is 6.79 Å². The first-order valence-electron chi connectivity index (χ1n) is 1.65. The van der Waals surface area contributed by atoms with Gasteiger partial charge in [-0.25, -0.2) is 15.5 Å². The van der Waals surface area contributed by atoms with Crippen molar-refractivity contribution in [2.45, 2.75) is 0 Å². The fraction of sp³-hybridized carbons (Fsp3) is 0.500. The van der Waals surface area contributed by atoms with Crippen LogP contribution < -0.4 is 5.84 Å². The maximum atomic E-state index is 10.0. The summed E-state index contributed by atoms with van der Waals surface area (Å²) in [5.41, 5.74) is 0. The molecule has 7 heavy (non-hydrogen) atoms. The number of hydroxylamine groups is 1. The van der Waals surface area contributed by atoms with E-state index in [1.807, 2.05) is 0 Å². The molecule has 40 valence electrons.